The molecule has 0 unspecified atom stereocenters. The zero-order valence-electron chi connectivity index (χ0n) is 5.96. The van der Waals surface area contributed by atoms with Crippen molar-refractivity contribution in [2.75, 3.05) is 6.54 Å². The van der Waals surface area contributed by atoms with E-state index in [0.29, 0.717) is 6.54 Å². The van der Waals surface area contributed by atoms with Crippen molar-refractivity contribution in [3.8, 4) is 0 Å². The lowest BCUT2D eigenvalue weighted by Crippen LogP contribution is -2.25. The summed E-state index contributed by atoms with van der Waals surface area (Å²) in [6.45, 7) is 0.314. The third-order valence-electron chi connectivity index (χ3n) is 2.67. The van der Waals surface area contributed by atoms with Crippen LogP contribution >= 0.6 is 0 Å². The minimum atomic E-state index is -0.846. The van der Waals surface area contributed by atoms with Crippen LogP contribution in [0.5, 0.6) is 0 Å². The van der Waals surface area contributed by atoms with Crippen LogP contribution in [0.3, 0.4) is 0 Å². The molecule has 2 fully saturated rings. The fraction of sp³-hybridized carbons (Fsp3) is 0.714. The number of hydrogen-bond donors (Lipinski definition) is 2. The van der Waals surface area contributed by atoms with Crippen LogP contribution in [0, 0.1) is 11.3 Å². The molecule has 1 aliphatic heterocycles. The van der Waals surface area contributed by atoms with Crippen LogP contribution in [0.15, 0.2) is 0 Å². The number of carbonyl (C=O) groups is 2. The monoisotopic (exact) mass is 155 g/mol. The molecule has 0 bridgehead atoms. The molecular weight excluding hydrogens is 146 g/mol. The van der Waals surface area contributed by atoms with Crippen molar-refractivity contribution in [2.24, 2.45) is 11.3 Å². The highest BCUT2D eigenvalue weighted by Gasteiger charge is 2.61. The fourth-order valence-electron chi connectivity index (χ4n) is 1.76. The van der Waals surface area contributed by atoms with Gasteiger partial charge in [0.15, 0.2) is 0 Å². The lowest BCUT2D eigenvalue weighted by atomic mass is 9.93. The second kappa shape index (κ2) is 1.75. The number of nitrogens with one attached hydrogen (secondary N) is 1. The van der Waals surface area contributed by atoms with Crippen molar-refractivity contribution >= 4 is 11.9 Å². The Balaban J connectivity index is 2.25. The van der Waals surface area contributed by atoms with E-state index in [1.165, 1.54) is 0 Å². The van der Waals surface area contributed by atoms with Crippen LogP contribution < -0.4 is 5.32 Å². The molecule has 1 aliphatic carbocycles. The molecule has 2 N–H and O–H groups in total. The van der Waals surface area contributed by atoms with Gasteiger partial charge in [-0.15, -0.1) is 0 Å². The number of aliphatic carboxylic acids is 1. The summed E-state index contributed by atoms with van der Waals surface area (Å²) in [5.41, 5.74) is -0.508. The first-order chi connectivity index (χ1) is 5.17. The van der Waals surface area contributed by atoms with E-state index in [4.69, 9.17) is 5.11 Å². The number of rotatable bonds is 1. The third-order valence-corrected chi connectivity index (χ3v) is 2.67. The molecule has 0 radical (unpaired) electrons. The summed E-state index contributed by atoms with van der Waals surface area (Å²) in [6.07, 6.45) is 1.49. The summed E-state index contributed by atoms with van der Waals surface area (Å²) >= 11 is 0. The summed E-state index contributed by atoms with van der Waals surface area (Å²) < 4.78 is 0. The molecule has 2 rings (SSSR count). The van der Waals surface area contributed by atoms with Crippen molar-refractivity contribution in [3.05, 3.63) is 0 Å². The SMILES string of the molecule is O=C(O)[C@H]1CNC(=O)C12CC2. The molecule has 1 saturated carbocycles. The van der Waals surface area contributed by atoms with Crippen LogP contribution in [-0.2, 0) is 9.59 Å². The topological polar surface area (TPSA) is 66.4 Å². The Morgan fingerprint density at radius 2 is 2.27 bits per heavy atom. The average molecular weight is 155 g/mol. The maximum absolute atomic E-state index is 11.1. The molecule has 2 aliphatic rings. The molecule has 4 nitrogen and oxygen atoms in total. The van der Waals surface area contributed by atoms with E-state index in [1.54, 1.807) is 0 Å². The van der Waals surface area contributed by atoms with Gasteiger partial charge in [-0.25, -0.2) is 0 Å². The summed E-state index contributed by atoms with van der Waals surface area (Å²) in [7, 11) is 0. The molecule has 1 atom stereocenters. The molecular formula is C7H9NO3. The van der Waals surface area contributed by atoms with Crippen molar-refractivity contribution in [3.63, 3.8) is 0 Å². The Kier molecular flexibility index (Phi) is 1.06. The second-order valence-corrected chi connectivity index (χ2v) is 3.26. The Labute approximate surface area is 63.6 Å². The third kappa shape index (κ3) is 0.692. The van der Waals surface area contributed by atoms with E-state index >= 15 is 0 Å². The van der Waals surface area contributed by atoms with Crippen molar-refractivity contribution < 1.29 is 14.7 Å². The van der Waals surface area contributed by atoms with Gasteiger partial charge in [-0.1, -0.05) is 0 Å². The number of hydrogen-bond acceptors (Lipinski definition) is 2. The van der Waals surface area contributed by atoms with Crippen LogP contribution in [0.1, 0.15) is 12.8 Å². The maximum Gasteiger partial charge on any atom is 0.309 e. The lowest BCUT2D eigenvalue weighted by Gasteiger charge is -2.07. The van der Waals surface area contributed by atoms with Gasteiger partial charge in [0.05, 0.1) is 11.3 Å². The molecule has 11 heavy (non-hydrogen) atoms. The number of carbonyl (C=O) groups excluding carboxylic acids is 1. The standard InChI is InChI=1S/C7H9NO3/c9-5(10)4-3-8-6(11)7(4)1-2-7/h4H,1-3H2,(H,8,11)(H,9,10)/t4-/m1/s1. The number of amides is 1. The zero-order chi connectivity index (χ0) is 8.06. The van der Waals surface area contributed by atoms with Crippen molar-refractivity contribution in [1.82, 2.24) is 5.32 Å². The molecule has 60 valence electrons. The second-order valence-electron chi connectivity index (χ2n) is 3.26. The Bertz CT molecular complexity index is 232. The number of carboxylic acid groups (broad SMARTS) is 1. The van der Waals surface area contributed by atoms with Gasteiger partial charge in [0, 0.05) is 6.54 Å². The van der Waals surface area contributed by atoms with Gasteiger partial charge in [-0.3, -0.25) is 9.59 Å². The zero-order valence-corrected chi connectivity index (χ0v) is 5.96. The predicted molar refractivity (Wildman–Crippen MR) is 35.8 cm³/mol. The average Bonchev–Trinajstić information content (AvgIpc) is 2.61. The molecule has 0 aromatic carbocycles. The summed E-state index contributed by atoms with van der Waals surface area (Å²) in [6, 6.07) is 0. The first kappa shape index (κ1) is 6.64. The summed E-state index contributed by atoms with van der Waals surface area (Å²) in [4.78, 5) is 21.7. The van der Waals surface area contributed by atoms with Crippen LogP contribution in [-0.4, -0.2) is 23.5 Å². The minimum Gasteiger partial charge on any atom is -0.481 e. The molecule has 1 heterocycles. The summed E-state index contributed by atoms with van der Waals surface area (Å²) in [5, 5.41) is 11.3. The van der Waals surface area contributed by atoms with Gasteiger partial charge in [-0.05, 0) is 12.8 Å². The quantitative estimate of drug-likeness (QED) is 0.541. The van der Waals surface area contributed by atoms with Gasteiger partial charge >= 0.3 is 5.97 Å². The highest BCUT2D eigenvalue weighted by Crippen LogP contribution is 2.54. The first-order valence-electron chi connectivity index (χ1n) is 3.68. The van der Waals surface area contributed by atoms with E-state index in [-0.39, 0.29) is 5.91 Å². The number of carboxylic acids is 1. The fourth-order valence-corrected chi connectivity index (χ4v) is 1.76. The predicted octanol–water partition coefficient (Wildman–Crippen LogP) is -0.403. The normalized spacial score (nSPS) is 32.0. The van der Waals surface area contributed by atoms with Gasteiger partial charge in [-0.2, -0.15) is 0 Å². The van der Waals surface area contributed by atoms with Gasteiger partial charge in [0.1, 0.15) is 0 Å². The van der Waals surface area contributed by atoms with Crippen molar-refractivity contribution in [1.29, 1.82) is 0 Å². The van der Waals surface area contributed by atoms with Crippen LogP contribution in [0.25, 0.3) is 0 Å². The largest absolute Gasteiger partial charge is 0.481 e. The Hall–Kier alpha value is -1.06. The maximum atomic E-state index is 11.1. The van der Waals surface area contributed by atoms with E-state index in [9.17, 15) is 9.59 Å². The van der Waals surface area contributed by atoms with E-state index < -0.39 is 17.3 Å². The molecule has 1 amide bonds. The minimum absolute atomic E-state index is 0.0649. The molecule has 0 aromatic rings. The van der Waals surface area contributed by atoms with Gasteiger partial charge in [0.25, 0.3) is 0 Å². The van der Waals surface area contributed by atoms with Crippen molar-refractivity contribution in [2.45, 2.75) is 12.8 Å². The first-order valence-corrected chi connectivity index (χ1v) is 3.68. The lowest BCUT2D eigenvalue weighted by molar-refractivity contribution is -0.144. The molecule has 0 aromatic heterocycles. The van der Waals surface area contributed by atoms with E-state index in [2.05, 4.69) is 5.32 Å². The van der Waals surface area contributed by atoms with Gasteiger partial charge in [0.2, 0.25) is 5.91 Å². The molecule has 1 saturated heterocycles. The highest BCUT2D eigenvalue weighted by molar-refractivity contribution is 5.94. The van der Waals surface area contributed by atoms with Crippen LogP contribution in [0.4, 0.5) is 0 Å². The smallest absolute Gasteiger partial charge is 0.309 e. The van der Waals surface area contributed by atoms with E-state index in [0.717, 1.165) is 12.8 Å². The Morgan fingerprint density at radius 1 is 1.64 bits per heavy atom. The molecule has 1 spiro atoms. The van der Waals surface area contributed by atoms with Crippen LogP contribution in [0.2, 0.25) is 0 Å². The highest BCUT2D eigenvalue weighted by atomic mass is 16.4. The Morgan fingerprint density at radius 3 is 2.64 bits per heavy atom. The summed E-state index contributed by atoms with van der Waals surface area (Å²) in [5.74, 6) is -1.39. The van der Waals surface area contributed by atoms with E-state index in [1.807, 2.05) is 0 Å². The van der Waals surface area contributed by atoms with Gasteiger partial charge < -0.3 is 10.4 Å². The molecule has 4 heteroatoms.